The number of rotatable bonds is 3. The number of carbonyl (C=O) groups is 1. The van der Waals surface area contributed by atoms with E-state index in [1.54, 1.807) is 0 Å². The van der Waals surface area contributed by atoms with E-state index in [4.69, 9.17) is 0 Å². The minimum atomic E-state index is -4.43. The normalized spacial score (nSPS) is 13.7. The van der Waals surface area contributed by atoms with Crippen LogP contribution >= 0.6 is 0 Å². The Morgan fingerprint density at radius 2 is 1.61 bits per heavy atom. The Labute approximate surface area is 156 Å². The number of nitro groups is 1. The van der Waals surface area contributed by atoms with Crippen molar-refractivity contribution in [2.75, 3.05) is 4.90 Å². The monoisotopic (exact) mass is 391 g/mol. The molecule has 7 nitrogen and oxygen atoms in total. The molecule has 1 heterocycles. The molecule has 144 valence electrons. The van der Waals surface area contributed by atoms with Crippen LogP contribution in [-0.4, -0.2) is 20.8 Å². The Morgan fingerprint density at radius 1 is 1.00 bits per heavy atom. The van der Waals surface area contributed by atoms with Crippen molar-refractivity contribution < 1.29 is 28.0 Å². The summed E-state index contributed by atoms with van der Waals surface area (Å²) in [5.41, 5.74) is -0.950. The van der Waals surface area contributed by atoms with Crippen LogP contribution in [0.1, 0.15) is 15.9 Å². The molecule has 0 aromatic heterocycles. The van der Waals surface area contributed by atoms with Gasteiger partial charge in [-0.25, -0.2) is 0 Å². The summed E-state index contributed by atoms with van der Waals surface area (Å²) in [7, 11) is 0. The topological polar surface area (TPSA) is 86.9 Å². The molecule has 0 unspecified atom stereocenters. The summed E-state index contributed by atoms with van der Waals surface area (Å²) in [6.45, 7) is 0. The van der Waals surface area contributed by atoms with Crippen LogP contribution < -0.4 is 4.90 Å². The van der Waals surface area contributed by atoms with Gasteiger partial charge in [0, 0.05) is 42.6 Å². The molecule has 0 bridgehead atoms. The number of anilines is 1. The van der Waals surface area contributed by atoms with Gasteiger partial charge in [-0.05, 0) is 30.3 Å². The third kappa shape index (κ3) is 3.80. The van der Waals surface area contributed by atoms with Gasteiger partial charge in [-0.15, -0.1) is 0 Å². The molecule has 0 fully saturated rings. The van der Waals surface area contributed by atoms with Gasteiger partial charge in [0.05, 0.1) is 16.1 Å². The number of amides is 1. The maximum Gasteiger partial charge on any atom is 0.416 e. The largest absolute Gasteiger partial charge is 0.507 e. The number of hydrogen-bond acceptors (Lipinski definition) is 5. The van der Waals surface area contributed by atoms with Crippen molar-refractivity contribution in [3.05, 3.63) is 88.5 Å². The Hall–Kier alpha value is -3.82. The number of aromatic hydroxyl groups is 1. The molecule has 2 aromatic carbocycles. The molecule has 0 radical (unpaired) electrons. The van der Waals surface area contributed by atoms with E-state index >= 15 is 0 Å². The maximum atomic E-state index is 12.6. The molecule has 1 aliphatic heterocycles. The molecule has 10 heteroatoms. The fourth-order valence-corrected chi connectivity index (χ4v) is 2.46. The van der Waals surface area contributed by atoms with E-state index in [1.807, 2.05) is 0 Å². The number of nitro benzene ring substituents is 1. The molecular formula is C18H12F3N3O4. The number of phenolic OH excluding ortho intramolecular Hbond substituents is 1. The number of phenols is 1. The first-order valence-corrected chi connectivity index (χ1v) is 7.79. The third-order valence-corrected chi connectivity index (χ3v) is 3.92. The molecule has 1 aliphatic rings. The van der Waals surface area contributed by atoms with E-state index in [0.29, 0.717) is 5.69 Å². The fourth-order valence-electron chi connectivity index (χ4n) is 2.46. The summed E-state index contributed by atoms with van der Waals surface area (Å²) in [6.07, 6.45) is 1.05. The van der Waals surface area contributed by atoms with Crippen LogP contribution in [0.2, 0.25) is 0 Å². The van der Waals surface area contributed by atoms with Crippen LogP contribution in [0.15, 0.2) is 67.3 Å². The van der Waals surface area contributed by atoms with Crippen LogP contribution in [-0.2, 0) is 6.18 Å². The first kappa shape index (κ1) is 19.0. The molecule has 0 spiro atoms. The van der Waals surface area contributed by atoms with Crippen LogP contribution in [0.3, 0.4) is 0 Å². The van der Waals surface area contributed by atoms with Gasteiger partial charge in [0.2, 0.25) is 0 Å². The second-order valence-electron chi connectivity index (χ2n) is 5.72. The fraction of sp³-hybridized carbons (Fsp3) is 0.0556. The molecule has 0 saturated heterocycles. The molecule has 3 rings (SSSR count). The van der Waals surface area contributed by atoms with Gasteiger partial charge in [-0.1, -0.05) is 0 Å². The van der Waals surface area contributed by atoms with Crippen molar-refractivity contribution in [2.24, 2.45) is 0 Å². The lowest BCUT2D eigenvalue weighted by Gasteiger charge is -2.24. The average Bonchev–Trinajstić information content (AvgIpc) is 2.67. The lowest BCUT2D eigenvalue weighted by Crippen LogP contribution is -2.25. The lowest BCUT2D eigenvalue weighted by molar-refractivity contribution is -0.384. The first-order valence-electron chi connectivity index (χ1n) is 7.79. The quantitative estimate of drug-likeness (QED) is 0.625. The standard InChI is InChI=1S/C18H12F3N3O4/c19-18(20,21)12-1-3-13(4-2-12)22-7-9-23(10-8-22)17(26)15-11-14(24(27)28)5-6-16(15)25/h1-11,25H. The smallest absolute Gasteiger partial charge is 0.416 e. The summed E-state index contributed by atoms with van der Waals surface area (Å²) in [4.78, 5) is 25.2. The van der Waals surface area contributed by atoms with Gasteiger partial charge in [-0.2, -0.15) is 13.2 Å². The zero-order valence-corrected chi connectivity index (χ0v) is 14.0. The van der Waals surface area contributed by atoms with E-state index in [-0.39, 0.29) is 11.3 Å². The number of nitrogens with zero attached hydrogens (tertiary/aromatic N) is 3. The highest BCUT2D eigenvalue weighted by Crippen LogP contribution is 2.31. The van der Waals surface area contributed by atoms with E-state index < -0.39 is 28.3 Å². The molecule has 1 amide bonds. The second kappa shape index (κ2) is 7.06. The number of hydrogen-bond donors (Lipinski definition) is 1. The minimum absolute atomic E-state index is 0.258. The number of benzene rings is 2. The molecule has 2 aromatic rings. The number of alkyl halides is 3. The SMILES string of the molecule is O=C(c1cc([N+](=O)[O-])ccc1O)N1C=CN(c2ccc(C(F)(F)F)cc2)C=C1. The van der Waals surface area contributed by atoms with Crippen molar-refractivity contribution >= 4 is 17.3 Å². The second-order valence-corrected chi connectivity index (χ2v) is 5.72. The summed E-state index contributed by atoms with van der Waals surface area (Å²) in [5, 5.41) is 20.7. The Kier molecular flexibility index (Phi) is 4.78. The molecule has 0 atom stereocenters. The lowest BCUT2D eigenvalue weighted by atomic mass is 10.1. The molecule has 28 heavy (non-hydrogen) atoms. The summed E-state index contributed by atoms with van der Waals surface area (Å²) < 4.78 is 37.9. The Balaban J connectivity index is 1.77. The van der Waals surface area contributed by atoms with Crippen LogP contribution in [0, 0.1) is 10.1 Å². The highest BCUT2D eigenvalue weighted by molar-refractivity contribution is 5.98. The number of non-ortho nitro benzene ring substituents is 1. The highest BCUT2D eigenvalue weighted by atomic mass is 19.4. The van der Waals surface area contributed by atoms with E-state index in [0.717, 1.165) is 35.2 Å². The molecule has 0 saturated carbocycles. The van der Waals surface area contributed by atoms with E-state index in [2.05, 4.69) is 0 Å². The molecular weight excluding hydrogens is 379 g/mol. The van der Waals surface area contributed by atoms with E-state index in [1.165, 1.54) is 41.8 Å². The van der Waals surface area contributed by atoms with Crippen molar-refractivity contribution in [3.8, 4) is 5.75 Å². The van der Waals surface area contributed by atoms with Gasteiger partial charge in [0.15, 0.2) is 0 Å². The Morgan fingerprint density at radius 3 is 2.14 bits per heavy atom. The van der Waals surface area contributed by atoms with Crippen molar-refractivity contribution in [2.45, 2.75) is 6.18 Å². The predicted molar refractivity (Wildman–Crippen MR) is 93.1 cm³/mol. The summed E-state index contributed by atoms with van der Waals surface area (Å²) in [6, 6.07) is 7.52. The summed E-state index contributed by atoms with van der Waals surface area (Å²) >= 11 is 0. The summed E-state index contributed by atoms with van der Waals surface area (Å²) in [5.74, 6) is -1.12. The van der Waals surface area contributed by atoms with E-state index in [9.17, 15) is 33.2 Å². The van der Waals surface area contributed by atoms with Crippen LogP contribution in [0.25, 0.3) is 0 Å². The van der Waals surface area contributed by atoms with Crippen LogP contribution in [0.5, 0.6) is 5.75 Å². The first-order chi connectivity index (χ1) is 13.2. The average molecular weight is 391 g/mol. The highest BCUT2D eigenvalue weighted by Gasteiger charge is 2.30. The van der Waals surface area contributed by atoms with Crippen molar-refractivity contribution in [1.29, 1.82) is 0 Å². The van der Waals surface area contributed by atoms with Crippen molar-refractivity contribution in [1.82, 2.24) is 4.90 Å². The minimum Gasteiger partial charge on any atom is -0.507 e. The number of halogens is 3. The van der Waals surface area contributed by atoms with Crippen LogP contribution in [0.4, 0.5) is 24.5 Å². The molecule has 0 aliphatic carbocycles. The van der Waals surface area contributed by atoms with Gasteiger partial charge in [-0.3, -0.25) is 19.8 Å². The number of carbonyl (C=O) groups excluding carboxylic acids is 1. The predicted octanol–water partition coefficient (Wildman–Crippen LogP) is 4.22. The van der Waals surface area contributed by atoms with Gasteiger partial charge in [0.1, 0.15) is 5.75 Å². The molecule has 1 N–H and O–H groups in total. The maximum absolute atomic E-state index is 12.6. The third-order valence-electron chi connectivity index (χ3n) is 3.92. The van der Waals surface area contributed by atoms with Gasteiger partial charge < -0.3 is 10.0 Å². The van der Waals surface area contributed by atoms with Gasteiger partial charge >= 0.3 is 6.18 Å². The zero-order chi connectivity index (χ0) is 20.5. The van der Waals surface area contributed by atoms with Crippen molar-refractivity contribution in [3.63, 3.8) is 0 Å². The Bertz CT molecular complexity index is 971. The zero-order valence-electron chi connectivity index (χ0n) is 14.0. The van der Waals surface area contributed by atoms with Gasteiger partial charge in [0.25, 0.3) is 11.6 Å².